The van der Waals surface area contributed by atoms with Crippen LogP contribution in [0.25, 0.3) is 0 Å². The first-order chi connectivity index (χ1) is 7.13. The molecule has 1 aromatic carbocycles. The van der Waals surface area contributed by atoms with Crippen molar-refractivity contribution >= 4 is 23.0 Å². The maximum atomic E-state index is 5.78. The third-order valence-electron chi connectivity index (χ3n) is 2.53. The second kappa shape index (κ2) is 5.76. The van der Waals surface area contributed by atoms with E-state index < -0.39 is 0 Å². The molecule has 0 amide bonds. The van der Waals surface area contributed by atoms with Crippen LogP contribution in [0.3, 0.4) is 0 Å². The topological polar surface area (TPSA) is 24.4 Å². The fourth-order valence-corrected chi connectivity index (χ4v) is 1.21. The van der Waals surface area contributed by atoms with E-state index in [9.17, 15) is 0 Å². The molecule has 0 aromatic heterocycles. The Hall–Kier alpha value is -1.02. The third kappa shape index (κ3) is 3.92. The summed E-state index contributed by atoms with van der Waals surface area (Å²) in [6.45, 7) is 6.37. The van der Waals surface area contributed by atoms with Gasteiger partial charge in [0.2, 0.25) is 0 Å². The summed E-state index contributed by atoms with van der Waals surface area (Å²) in [5.74, 6) is 0.518. The van der Waals surface area contributed by atoms with Crippen LogP contribution < -0.4 is 5.43 Å². The molecule has 1 unspecified atom stereocenters. The molecule has 0 spiro atoms. The van der Waals surface area contributed by atoms with Crippen molar-refractivity contribution in [2.45, 2.75) is 27.2 Å². The van der Waals surface area contributed by atoms with Crippen LogP contribution in [0.1, 0.15) is 27.2 Å². The van der Waals surface area contributed by atoms with Gasteiger partial charge >= 0.3 is 0 Å². The number of halogens is 1. The zero-order valence-corrected chi connectivity index (χ0v) is 10.2. The van der Waals surface area contributed by atoms with Gasteiger partial charge in [0.25, 0.3) is 0 Å². The number of anilines is 1. The molecule has 3 heteroatoms. The SMILES string of the molecule is CCC(C)C(C)=NNc1ccc(Cl)cc1. The van der Waals surface area contributed by atoms with E-state index in [0.29, 0.717) is 5.92 Å². The minimum atomic E-state index is 0.518. The van der Waals surface area contributed by atoms with Crippen molar-refractivity contribution in [3.05, 3.63) is 29.3 Å². The molecule has 0 radical (unpaired) electrons. The van der Waals surface area contributed by atoms with Crippen LogP contribution in [-0.2, 0) is 0 Å². The van der Waals surface area contributed by atoms with Crippen molar-refractivity contribution in [2.75, 3.05) is 5.43 Å². The van der Waals surface area contributed by atoms with Gasteiger partial charge in [-0.25, -0.2) is 0 Å². The molecule has 1 atom stereocenters. The first-order valence-electron chi connectivity index (χ1n) is 5.19. The summed E-state index contributed by atoms with van der Waals surface area (Å²) < 4.78 is 0. The molecule has 0 saturated heterocycles. The molecule has 0 aliphatic heterocycles. The van der Waals surface area contributed by atoms with Crippen LogP contribution >= 0.6 is 11.6 Å². The molecule has 0 fully saturated rings. The minimum absolute atomic E-state index is 0.518. The summed E-state index contributed by atoms with van der Waals surface area (Å²) >= 11 is 5.78. The van der Waals surface area contributed by atoms with Gasteiger partial charge in [0.1, 0.15) is 0 Å². The first kappa shape index (κ1) is 12.1. The molecular weight excluding hydrogens is 208 g/mol. The standard InChI is InChI=1S/C12H17ClN2/c1-4-9(2)10(3)14-15-12-7-5-11(13)6-8-12/h5-9,15H,4H2,1-3H3. The summed E-state index contributed by atoms with van der Waals surface area (Å²) in [5, 5.41) is 5.06. The van der Waals surface area contributed by atoms with Gasteiger partial charge in [-0.3, -0.25) is 5.43 Å². The Morgan fingerprint density at radius 1 is 1.40 bits per heavy atom. The Morgan fingerprint density at radius 2 is 2.00 bits per heavy atom. The van der Waals surface area contributed by atoms with Crippen LogP contribution in [0.4, 0.5) is 5.69 Å². The largest absolute Gasteiger partial charge is 0.279 e. The Bertz CT molecular complexity index is 330. The maximum absolute atomic E-state index is 5.78. The molecule has 1 rings (SSSR count). The predicted octanol–water partition coefficient (Wildman–Crippen LogP) is 4.17. The van der Waals surface area contributed by atoms with Crippen LogP contribution in [-0.4, -0.2) is 5.71 Å². The van der Waals surface area contributed by atoms with E-state index in [1.165, 1.54) is 0 Å². The summed E-state index contributed by atoms with van der Waals surface area (Å²) in [5.41, 5.74) is 5.09. The number of hydrazone groups is 1. The molecule has 1 aromatic rings. The van der Waals surface area contributed by atoms with E-state index in [4.69, 9.17) is 11.6 Å². The van der Waals surface area contributed by atoms with E-state index >= 15 is 0 Å². The number of hydrogen-bond acceptors (Lipinski definition) is 2. The summed E-state index contributed by atoms with van der Waals surface area (Å²) in [6.07, 6.45) is 1.11. The highest BCUT2D eigenvalue weighted by Crippen LogP contribution is 2.13. The highest BCUT2D eigenvalue weighted by atomic mass is 35.5. The molecule has 0 saturated carbocycles. The van der Waals surface area contributed by atoms with Crippen molar-refractivity contribution in [3.63, 3.8) is 0 Å². The van der Waals surface area contributed by atoms with Gasteiger partial charge in [-0.2, -0.15) is 5.10 Å². The molecular formula is C12H17ClN2. The average molecular weight is 225 g/mol. The molecule has 0 aliphatic rings. The zero-order chi connectivity index (χ0) is 11.3. The smallest absolute Gasteiger partial charge is 0.0562 e. The van der Waals surface area contributed by atoms with Crippen LogP contribution in [0.15, 0.2) is 29.4 Å². The Morgan fingerprint density at radius 3 is 2.53 bits per heavy atom. The zero-order valence-electron chi connectivity index (χ0n) is 9.42. The molecule has 0 bridgehead atoms. The molecule has 82 valence electrons. The molecule has 0 aliphatic carbocycles. The van der Waals surface area contributed by atoms with Crippen LogP contribution in [0, 0.1) is 5.92 Å². The van der Waals surface area contributed by atoms with Crippen molar-refractivity contribution in [1.29, 1.82) is 0 Å². The maximum Gasteiger partial charge on any atom is 0.0562 e. The Balaban J connectivity index is 2.59. The van der Waals surface area contributed by atoms with Crippen molar-refractivity contribution in [2.24, 2.45) is 11.0 Å². The highest BCUT2D eigenvalue weighted by Gasteiger charge is 2.01. The lowest BCUT2D eigenvalue weighted by molar-refractivity contribution is 0.734. The molecule has 1 N–H and O–H groups in total. The highest BCUT2D eigenvalue weighted by molar-refractivity contribution is 6.30. The normalized spacial score (nSPS) is 13.7. The lowest BCUT2D eigenvalue weighted by Gasteiger charge is -2.08. The van der Waals surface area contributed by atoms with Crippen molar-refractivity contribution in [1.82, 2.24) is 0 Å². The number of hydrogen-bond donors (Lipinski definition) is 1. The van der Waals surface area contributed by atoms with Crippen molar-refractivity contribution in [3.8, 4) is 0 Å². The fraction of sp³-hybridized carbons (Fsp3) is 0.417. The summed E-state index contributed by atoms with van der Waals surface area (Å²) in [6, 6.07) is 7.52. The van der Waals surface area contributed by atoms with E-state index in [1.807, 2.05) is 31.2 Å². The third-order valence-corrected chi connectivity index (χ3v) is 2.78. The average Bonchev–Trinajstić information content (AvgIpc) is 2.26. The second-order valence-corrected chi connectivity index (χ2v) is 4.12. The Kier molecular flexibility index (Phi) is 4.63. The fourth-order valence-electron chi connectivity index (χ4n) is 1.08. The van der Waals surface area contributed by atoms with Gasteiger partial charge in [-0.05, 0) is 43.5 Å². The summed E-state index contributed by atoms with van der Waals surface area (Å²) in [4.78, 5) is 0. The van der Waals surface area contributed by atoms with Gasteiger partial charge in [-0.1, -0.05) is 25.4 Å². The second-order valence-electron chi connectivity index (χ2n) is 3.68. The quantitative estimate of drug-likeness (QED) is 0.602. The van der Waals surface area contributed by atoms with E-state index in [0.717, 1.165) is 22.8 Å². The lowest BCUT2D eigenvalue weighted by Crippen LogP contribution is -2.07. The van der Waals surface area contributed by atoms with E-state index in [-0.39, 0.29) is 0 Å². The molecule has 0 heterocycles. The van der Waals surface area contributed by atoms with E-state index in [1.54, 1.807) is 0 Å². The van der Waals surface area contributed by atoms with Gasteiger partial charge in [0.15, 0.2) is 0 Å². The van der Waals surface area contributed by atoms with Crippen LogP contribution in [0.2, 0.25) is 5.02 Å². The first-order valence-corrected chi connectivity index (χ1v) is 5.57. The van der Waals surface area contributed by atoms with Gasteiger partial charge < -0.3 is 0 Å². The lowest BCUT2D eigenvalue weighted by atomic mass is 10.1. The number of nitrogens with one attached hydrogen (secondary N) is 1. The molecule has 15 heavy (non-hydrogen) atoms. The van der Waals surface area contributed by atoms with E-state index in [2.05, 4.69) is 24.4 Å². The Labute approximate surface area is 96.3 Å². The minimum Gasteiger partial charge on any atom is -0.279 e. The van der Waals surface area contributed by atoms with Gasteiger partial charge in [0.05, 0.1) is 5.69 Å². The van der Waals surface area contributed by atoms with Gasteiger partial charge in [-0.15, -0.1) is 0 Å². The summed E-state index contributed by atoms with van der Waals surface area (Å²) in [7, 11) is 0. The van der Waals surface area contributed by atoms with Crippen LogP contribution in [0.5, 0.6) is 0 Å². The molecule has 2 nitrogen and oxygen atoms in total. The van der Waals surface area contributed by atoms with Gasteiger partial charge in [0, 0.05) is 10.7 Å². The van der Waals surface area contributed by atoms with Crippen molar-refractivity contribution < 1.29 is 0 Å². The number of rotatable bonds is 4. The number of nitrogens with zero attached hydrogens (tertiary/aromatic N) is 1. The predicted molar refractivity (Wildman–Crippen MR) is 67.6 cm³/mol. The number of benzene rings is 1. The monoisotopic (exact) mass is 224 g/mol.